The highest BCUT2D eigenvalue weighted by molar-refractivity contribution is 6.05. The van der Waals surface area contributed by atoms with Gasteiger partial charge in [-0.1, -0.05) is 0 Å². The quantitative estimate of drug-likeness (QED) is 0.288. The van der Waals surface area contributed by atoms with Crippen LogP contribution in [0.4, 0.5) is 11.4 Å². The predicted octanol–water partition coefficient (Wildman–Crippen LogP) is 5.72. The minimum absolute atomic E-state index is 0.146. The van der Waals surface area contributed by atoms with Gasteiger partial charge in [-0.2, -0.15) is 0 Å². The molecule has 3 rings (SSSR count). The number of furan rings is 1. The fourth-order valence-electron chi connectivity index (χ4n) is 3.59. The Morgan fingerprint density at radius 3 is 2.56 bits per heavy atom. The first-order chi connectivity index (χ1) is 15.2. The average molecular weight is 438 g/mol. The number of carbonyl (C=O) groups is 1. The number of nitro groups is 1. The molecule has 0 aliphatic heterocycles. The van der Waals surface area contributed by atoms with Crippen molar-refractivity contribution in [3.8, 4) is 11.5 Å². The maximum Gasteiger partial charge on any atom is 0.271 e. The number of fused-ring (bicyclic) bond motifs is 1. The van der Waals surface area contributed by atoms with Gasteiger partial charge in [0.15, 0.2) is 0 Å². The van der Waals surface area contributed by atoms with Crippen molar-refractivity contribution in [1.82, 2.24) is 0 Å². The lowest BCUT2D eigenvalue weighted by atomic mass is 9.98. The zero-order valence-corrected chi connectivity index (χ0v) is 19.0. The van der Waals surface area contributed by atoms with Gasteiger partial charge >= 0.3 is 0 Å². The summed E-state index contributed by atoms with van der Waals surface area (Å²) in [7, 11) is 1.43. The van der Waals surface area contributed by atoms with E-state index in [-0.39, 0.29) is 11.4 Å². The molecule has 0 saturated carbocycles. The molecule has 168 valence electrons. The summed E-state index contributed by atoms with van der Waals surface area (Å²) >= 11 is 0. The van der Waals surface area contributed by atoms with Crippen LogP contribution in [0.3, 0.4) is 0 Å². The monoisotopic (exact) mass is 438 g/mol. The standard InChI is InChI=1S/C24H26N2O6/c1-7-31-23-15(4)24-19(14(3)16(5)32-24)12-18(23)13(2)10-22(27)25-20-11-17(26(28)29)8-9-21(20)30-6/h8-12H,7H2,1-6H3,(H,25,27)/b13-10+. The molecular formula is C24H26N2O6. The van der Waals surface area contributed by atoms with Crippen LogP contribution < -0.4 is 14.8 Å². The normalized spacial score (nSPS) is 11.5. The largest absolute Gasteiger partial charge is 0.495 e. The number of methoxy groups -OCH3 is 1. The maximum atomic E-state index is 12.8. The van der Waals surface area contributed by atoms with Gasteiger partial charge in [-0.05, 0) is 57.9 Å². The van der Waals surface area contributed by atoms with Crippen LogP contribution in [-0.4, -0.2) is 24.5 Å². The van der Waals surface area contributed by atoms with E-state index in [0.29, 0.717) is 23.7 Å². The van der Waals surface area contributed by atoms with Gasteiger partial charge in [0.2, 0.25) is 5.91 Å². The molecule has 0 saturated heterocycles. The van der Waals surface area contributed by atoms with Crippen molar-refractivity contribution in [3.05, 3.63) is 62.9 Å². The Hall–Kier alpha value is -3.81. The maximum absolute atomic E-state index is 12.8. The number of allylic oxidation sites excluding steroid dienone is 1. The first-order valence-electron chi connectivity index (χ1n) is 10.2. The molecule has 0 fully saturated rings. The van der Waals surface area contributed by atoms with Gasteiger partial charge < -0.3 is 19.2 Å². The number of ether oxygens (including phenoxy) is 2. The zero-order chi connectivity index (χ0) is 23.6. The van der Waals surface area contributed by atoms with Crippen LogP contribution in [0.15, 0.2) is 34.8 Å². The van der Waals surface area contributed by atoms with E-state index < -0.39 is 10.8 Å². The second-order valence-corrected chi connectivity index (χ2v) is 7.43. The Morgan fingerprint density at radius 1 is 1.22 bits per heavy atom. The summed E-state index contributed by atoms with van der Waals surface area (Å²) in [6, 6.07) is 5.99. The van der Waals surface area contributed by atoms with Crippen molar-refractivity contribution < 1.29 is 23.6 Å². The molecule has 1 amide bonds. The Kier molecular flexibility index (Phi) is 6.53. The molecule has 32 heavy (non-hydrogen) atoms. The third-order valence-corrected chi connectivity index (χ3v) is 5.36. The number of nitro benzene ring substituents is 1. The first kappa shape index (κ1) is 22.9. The summed E-state index contributed by atoms with van der Waals surface area (Å²) in [5, 5.41) is 14.7. The lowest BCUT2D eigenvalue weighted by Gasteiger charge is -2.15. The third kappa shape index (κ3) is 4.30. The zero-order valence-electron chi connectivity index (χ0n) is 19.0. The number of anilines is 1. The van der Waals surface area contributed by atoms with Gasteiger partial charge in [0.1, 0.15) is 22.8 Å². The third-order valence-electron chi connectivity index (χ3n) is 5.36. The Labute approximate surface area is 186 Å². The molecule has 0 aliphatic rings. The Balaban J connectivity index is 2.02. The van der Waals surface area contributed by atoms with Gasteiger partial charge in [-0.15, -0.1) is 0 Å². The smallest absolute Gasteiger partial charge is 0.271 e. The number of carbonyl (C=O) groups excluding carboxylic acids is 1. The highest BCUT2D eigenvalue weighted by Gasteiger charge is 2.19. The van der Waals surface area contributed by atoms with E-state index in [0.717, 1.165) is 33.4 Å². The SMILES string of the molecule is CCOc1c(/C(C)=C/C(=O)Nc2cc([N+](=O)[O-])ccc2OC)cc2c(C)c(C)oc2c1C. The number of amides is 1. The van der Waals surface area contributed by atoms with E-state index in [1.807, 2.05) is 40.7 Å². The molecule has 1 heterocycles. The fraction of sp³-hybridized carbons (Fsp3) is 0.292. The minimum atomic E-state index is -0.530. The second kappa shape index (κ2) is 9.13. The summed E-state index contributed by atoms with van der Waals surface area (Å²) in [5.41, 5.74) is 4.20. The Bertz CT molecular complexity index is 1240. The van der Waals surface area contributed by atoms with Gasteiger partial charge in [-0.3, -0.25) is 14.9 Å². The molecule has 1 aromatic heterocycles. The van der Waals surface area contributed by atoms with E-state index in [4.69, 9.17) is 13.9 Å². The molecule has 0 unspecified atom stereocenters. The van der Waals surface area contributed by atoms with E-state index in [1.54, 1.807) is 0 Å². The van der Waals surface area contributed by atoms with Gasteiger partial charge in [0.05, 0.1) is 24.3 Å². The average Bonchev–Trinajstić information content (AvgIpc) is 3.04. The summed E-state index contributed by atoms with van der Waals surface area (Å²) in [4.78, 5) is 23.3. The topological polar surface area (TPSA) is 104 Å². The van der Waals surface area contributed by atoms with Crippen molar-refractivity contribution in [1.29, 1.82) is 0 Å². The van der Waals surface area contributed by atoms with Crippen LogP contribution in [-0.2, 0) is 4.79 Å². The minimum Gasteiger partial charge on any atom is -0.495 e. The van der Waals surface area contributed by atoms with Gasteiger partial charge in [0.25, 0.3) is 5.69 Å². The van der Waals surface area contributed by atoms with Crippen LogP contribution >= 0.6 is 0 Å². The van der Waals surface area contributed by atoms with Crippen molar-refractivity contribution >= 4 is 33.8 Å². The number of non-ortho nitro benzene ring substituents is 1. The fourth-order valence-corrected chi connectivity index (χ4v) is 3.59. The van der Waals surface area contributed by atoms with Crippen LogP contribution in [0, 0.1) is 30.9 Å². The molecule has 0 spiro atoms. The number of benzene rings is 2. The van der Waals surface area contributed by atoms with E-state index in [1.165, 1.54) is 31.4 Å². The number of aryl methyl sites for hydroxylation is 3. The van der Waals surface area contributed by atoms with Crippen molar-refractivity contribution in [2.45, 2.75) is 34.6 Å². The van der Waals surface area contributed by atoms with Crippen LogP contribution in [0.1, 0.15) is 36.3 Å². The van der Waals surface area contributed by atoms with Gasteiger partial charge in [0, 0.05) is 34.7 Å². The molecule has 8 heteroatoms. The molecule has 1 N–H and O–H groups in total. The number of hydrogen-bond donors (Lipinski definition) is 1. The molecule has 8 nitrogen and oxygen atoms in total. The van der Waals surface area contributed by atoms with E-state index >= 15 is 0 Å². The Morgan fingerprint density at radius 2 is 1.94 bits per heavy atom. The predicted molar refractivity (Wildman–Crippen MR) is 124 cm³/mol. The molecule has 0 bridgehead atoms. The lowest BCUT2D eigenvalue weighted by Crippen LogP contribution is -2.10. The first-order valence-corrected chi connectivity index (χ1v) is 10.2. The molecule has 0 atom stereocenters. The summed E-state index contributed by atoms with van der Waals surface area (Å²) < 4.78 is 17.0. The van der Waals surface area contributed by atoms with E-state index in [2.05, 4.69) is 5.32 Å². The summed E-state index contributed by atoms with van der Waals surface area (Å²) in [6.07, 6.45) is 1.43. The molecule has 3 aromatic rings. The number of nitrogens with one attached hydrogen (secondary N) is 1. The number of nitrogens with zero attached hydrogens (tertiary/aromatic N) is 1. The van der Waals surface area contributed by atoms with E-state index in [9.17, 15) is 14.9 Å². The van der Waals surface area contributed by atoms with Crippen molar-refractivity contribution in [2.24, 2.45) is 0 Å². The van der Waals surface area contributed by atoms with Crippen LogP contribution in [0.25, 0.3) is 16.5 Å². The molecule has 0 radical (unpaired) electrons. The van der Waals surface area contributed by atoms with Gasteiger partial charge in [-0.25, -0.2) is 0 Å². The molecular weight excluding hydrogens is 412 g/mol. The number of hydrogen-bond acceptors (Lipinski definition) is 6. The summed E-state index contributed by atoms with van der Waals surface area (Å²) in [6.45, 7) is 10.0. The van der Waals surface area contributed by atoms with Crippen molar-refractivity contribution in [2.75, 3.05) is 19.0 Å². The lowest BCUT2D eigenvalue weighted by molar-refractivity contribution is -0.384. The molecule has 2 aromatic carbocycles. The molecule has 0 aliphatic carbocycles. The number of rotatable bonds is 7. The highest BCUT2D eigenvalue weighted by atomic mass is 16.6. The van der Waals surface area contributed by atoms with Crippen LogP contribution in [0.2, 0.25) is 0 Å². The van der Waals surface area contributed by atoms with Crippen LogP contribution in [0.5, 0.6) is 11.5 Å². The van der Waals surface area contributed by atoms with Crippen molar-refractivity contribution in [3.63, 3.8) is 0 Å². The second-order valence-electron chi connectivity index (χ2n) is 7.43. The highest BCUT2D eigenvalue weighted by Crippen LogP contribution is 2.39. The summed E-state index contributed by atoms with van der Waals surface area (Å²) in [5.74, 6) is 1.37.